The van der Waals surface area contributed by atoms with E-state index in [9.17, 15) is 20.4 Å². The lowest BCUT2D eigenvalue weighted by molar-refractivity contribution is 0.422. The zero-order valence-electron chi connectivity index (χ0n) is 59.2. The number of phenols is 4. The van der Waals surface area contributed by atoms with Gasteiger partial charge in [0.1, 0.15) is 23.0 Å². The van der Waals surface area contributed by atoms with E-state index in [1.54, 1.807) is 0 Å². The van der Waals surface area contributed by atoms with E-state index in [2.05, 4.69) is 270 Å². The lowest BCUT2D eigenvalue weighted by Gasteiger charge is -2.29. The standard InChI is InChI=1S/2C40H58O2/c2*1-23-24(2)30(18-28-21-33(39(11,12)13)36(42)34(22-28)40(14,15)16)26(4)25(3)29(23)17-27-19-31(37(5,6)7)35(41)32(20-27)38(8,9)10/h2*19-22,41-42H,17-18H2,1-16H3. The van der Waals surface area contributed by atoms with Crippen LogP contribution < -0.4 is 0 Å². The van der Waals surface area contributed by atoms with Gasteiger partial charge in [-0.1, -0.05) is 215 Å². The number of benzene rings is 6. The van der Waals surface area contributed by atoms with Gasteiger partial charge in [-0.3, -0.25) is 0 Å². The molecule has 4 nitrogen and oxygen atoms in total. The molecule has 460 valence electrons. The Morgan fingerprint density at radius 2 is 0.298 bits per heavy atom. The van der Waals surface area contributed by atoms with Gasteiger partial charge in [-0.2, -0.15) is 0 Å². The number of rotatable bonds is 8. The molecule has 0 atom stereocenters. The fourth-order valence-electron chi connectivity index (χ4n) is 12.6. The van der Waals surface area contributed by atoms with E-state index < -0.39 is 0 Å². The van der Waals surface area contributed by atoms with Gasteiger partial charge >= 0.3 is 0 Å². The van der Waals surface area contributed by atoms with Crippen molar-refractivity contribution in [2.24, 2.45) is 0 Å². The normalized spacial score (nSPS) is 13.1. The van der Waals surface area contributed by atoms with Gasteiger partial charge in [0.2, 0.25) is 0 Å². The summed E-state index contributed by atoms with van der Waals surface area (Å²) in [5.74, 6) is 1.75. The van der Waals surface area contributed by atoms with Crippen LogP contribution in [0.4, 0.5) is 0 Å². The molecule has 0 saturated heterocycles. The Hall–Kier alpha value is -5.48. The fourth-order valence-corrected chi connectivity index (χ4v) is 12.6. The van der Waals surface area contributed by atoms with Crippen LogP contribution in [0, 0.1) is 55.4 Å². The third kappa shape index (κ3) is 15.0. The summed E-state index contributed by atoms with van der Waals surface area (Å²) in [7, 11) is 0. The molecule has 4 N–H and O–H groups in total. The van der Waals surface area contributed by atoms with Crippen LogP contribution in [0.1, 0.15) is 300 Å². The summed E-state index contributed by atoms with van der Waals surface area (Å²) in [5.41, 5.74) is 28.3. The second kappa shape index (κ2) is 23.7. The Labute approximate surface area is 513 Å². The van der Waals surface area contributed by atoms with Crippen molar-refractivity contribution in [2.45, 2.75) is 291 Å². The number of aromatic hydroxyl groups is 4. The largest absolute Gasteiger partial charge is 0.507 e. The van der Waals surface area contributed by atoms with E-state index in [1.165, 1.54) is 89.0 Å². The highest BCUT2D eigenvalue weighted by Crippen LogP contribution is 2.46. The van der Waals surface area contributed by atoms with Crippen LogP contribution in [0.3, 0.4) is 0 Å². The lowest BCUT2D eigenvalue weighted by Crippen LogP contribution is -2.18. The van der Waals surface area contributed by atoms with E-state index in [4.69, 9.17) is 0 Å². The van der Waals surface area contributed by atoms with E-state index in [-0.39, 0.29) is 43.3 Å². The van der Waals surface area contributed by atoms with Crippen LogP contribution in [0.5, 0.6) is 23.0 Å². The Bertz CT molecular complexity index is 2780. The van der Waals surface area contributed by atoms with Gasteiger partial charge < -0.3 is 20.4 Å². The Morgan fingerprint density at radius 3 is 0.381 bits per heavy atom. The summed E-state index contributed by atoms with van der Waals surface area (Å²) in [4.78, 5) is 0. The van der Waals surface area contributed by atoms with Crippen LogP contribution in [0.2, 0.25) is 0 Å². The molecule has 6 aromatic carbocycles. The molecule has 0 amide bonds. The first-order chi connectivity index (χ1) is 37.7. The Kier molecular flexibility index (Phi) is 19.5. The first-order valence-corrected chi connectivity index (χ1v) is 31.3. The average molecular weight is 1140 g/mol. The minimum absolute atomic E-state index is 0.151. The van der Waals surface area contributed by atoms with Gasteiger partial charge in [0.25, 0.3) is 0 Å². The number of phenolic OH excluding ortho intramolecular Hbond substituents is 4. The van der Waals surface area contributed by atoms with Crippen molar-refractivity contribution < 1.29 is 20.4 Å². The van der Waals surface area contributed by atoms with E-state index in [1.807, 2.05) is 0 Å². The maximum absolute atomic E-state index is 11.3. The minimum Gasteiger partial charge on any atom is -0.507 e. The number of hydrogen-bond acceptors (Lipinski definition) is 4. The van der Waals surface area contributed by atoms with Crippen LogP contribution >= 0.6 is 0 Å². The van der Waals surface area contributed by atoms with Gasteiger partial charge in [0.05, 0.1) is 0 Å². The lowest BCUT2D eigenvalue weighted by atomic mass is 9.76. The minimum atomic E-state index is -0.151. The third-order valence-corrected chi connectivity index (χ3v) is 18.5. The molecule has 0 unspecified atom stereocenters. The molecule has 0 spiro atoms. The molecule has 6 rings (SSSR count). The molecule has 84 heavy (non-hydrogen) atoms. The second-order valence-corrected chi connectivity index (χ2v) is 33.8. The molecule has 6 aromatic rings. The molecular formula is C80H116O4. The van der Waals surface area contributed by atoms with Crippen LogP contribution in [-0.2, 0) is 69.0 Å². The molecule has 0 fully saturated rings. The summed E-state index contributed by atoms with van der Waals surface area (Å²) in [6.45, 7) is 70.4. The van der Waals surface area contributed by atoms with Gasteiger partial charge in [-0.05, 0) is 258 Å². The van der Waals surface area contributed by atoms with Crippen molar-refractivity contribution in [3.8, 4) is 23.0 Å². The van der Waals surface area contributed by atoms with Crippen molar-refractivity contribution in [1.29, 1.82) is 0 Å². The molecule has 0 aromatic heterocycles. The van der Waals surface area contributed by atoms with Crippen molar-refractivity contribution in [1.82, 2.24) is 0 Å². The van der Waals surface area contributed by atoms with Gasteiger partial charge in [0, 0.05) is 0 Å². The first-order valence-electron chi connectivity index (χ1n) is 31.3. The molecule has 0 aliphatic rings. The van der Waals surface area contributed by atoms with Crippen molar-refractivity contribution in [2.75, 3.05) is 0 Å². The third-order valence-electron chi connectivity index (χ3n) is 18.5. The highest BCUT2D eigenvalue weighted by Gasteiger charge is 2.32. The summed E-state index contributed by atoms with van der Waals surface area (Å²) in [5, 5.41) is 45.1. The summed E-state index contributed by atoms with van der Waals surface area (Å²) < 4.78 is 0. The first kappa shape index (κ1) is 69.3. The molecule has 0 saturated carbocycles. The van der Waals surface area contributed by atoms with Crippen molar-refractivity contribution >= 4 is 0 Å². The fraction of sp³-hybridized carbons (Fsp3) is 0.550. The maximum atomic E-state index is 11.3. The predicted molar refractivity (Wildman–Crippen MR) is 364 cm³/mol. The quantitative estimate of drug-likeness (QED) is 0.122. The average Bonchev–Trinajstić information content (AvgIpc) is 2.48. The molecule has 0 aliphatic carbocycles. The van der Waals surface area contributed by atoms with E-state index in [0.717, 1.165) is 70.2 Å². The predicted octanol–water partition coefficient (Wildman–Crippen LogP) is 21.4. The summed E-state index contributed by atoms with van der Waals surface area (Å²) in [6, 6.07) is 17.8. The highest BCUT2D eigenvalue weighted by molar-refractivity contribution is 5.60. The van der Waals surface area contributed by atoms with E-state index >= 15 is 0 Å². The topological polar surface area (TPSA) is 80.9 Å². The second-order valence-electron chi connectivity index (χ2n) is 33.8. The molecule has 4 heteroatoms. The zero-order valence-corrected chi connectivity index (χ0v) is 59.2. The SMILES string of the molecule is Cc1c(C)c(Cc2cc(C(C)(C)C)c(O)c(C(C)(C)C)c2)c(C)c(C)c1Cc1cc(C(C)(C)C)c(O)c(C(C)(C)C)c1.Cc1c(C)c(Cc2cc(C(C)(C)C)c(O)c(C(C)(C)C)c2)c(C)c(C)c1Cc1cc(C(C)(C)C)c(O)c(C(C)(C)C)c1. The highest BCUT2D eigenvalue weighted by atomic mass is 16.3. The smallest absolute Gasteiger partial charge is 0.123 e. The van der Waals surface area contributed by atoms with Crippen LogP contribution in [-0.4, -0.2) is 20.4 Å². The number of hydrogen-bond donors (Lipinski definition) is 4. The zero-order chi connectivity index (χ0) is 64.7. The molecule has 0 radical (unpaired) electrons. The van der Waals surface area contributed by atoms with Crippen LogP contribution in [0.15, 0.2) is 48.5 Å². The Morgan fingerprint density at radius 1 is 0.202 bits per heavy atom. The molecule has 0 bridgehead atoms. The summed E-state index contributed by atoms with van der Waals surface area (Å²) >= 11 is 0. The van der Waals surface area contributed by atoms with Gasteiger partial charge in [-0.15, -0.1) is 0 Å². The van der Waals surface area contributed by atoms with Crippen LogP contribution in [0.25, 0.3) is 0 Å². The maximum Gasteiger partial charge on any atom is 0.123 e. The molecule has 0 heterocycles. The van der Waals surface area contributed by atoms with Gasteiger partial charge in [0.15, 0.2) is 0 Å². The summed E-state index contributed by atoms with van der Waals surface area (Å²) in [6.07, 6.45) is 3.36. The molecular weight excluding hydrogens is 1020 g/mol. The Balaban J connectivity index is 0.000000307. The molecule has 0 aliphatic heterocycles. The monoisotopic (exact) mass is 1140 g/mol. The van der Waals surface area contributed by atoms with Crippen molar-refractivity contribution in [3.63, 3.8) is 0 Å². The van der Waals surface area contributed by atoms with E-state index in [0.29, 0.717) is 23.0 Å². The van der Waals surface area contributed by atoms with Crippen molar-refractivity contribution in [3.05, 3.63) is 182 Å². The van der Waals surface area contributed by atoms with Gasteiger partial charge in [-0.25, -0.2) is 0 Å².